The van der Waals surface area contributed by atoms with Crippen molar-refractivity contribution in [1.82, 2.24) is 4.90 Å². The Morgan fingerprint density at radius 3 is 2.45 bits per heavy atom. The van der Waals surface area contributed by atoms with E-state index < -0.39 is 11.6 Å². The number of halogens is 2. The van der Waals surface area contributed by atoms with E-state index >= 15 is 0 Å². The molecule has 20 heavy (non-hydrogen) atoms. The van der Waals surface area contributed by atoms with Crippen molar-refractivity contribution >= 4 is 5.69 Å². The SMILES string of the molecule is C=CCN1CCC(Nc2c(F)cc(C#N)cc2F)CC1. The summed E-state index contributed by atoms with van der Waals surface area (Å²) in [5, 5.41) is 11.6. The maximum atomic E-state index is 13.8. The quantitative estimate of drug-likeness (QED) is 0.860. The highest BCUT2D eigenvalue weighted by molar-refractivity contribution is 5.51. The zero-order chi connectivity index (χ0) is 14.5. The molecule has 0 saturated carbocycles. The van der Waals surface area contributed by atoms with Gasteiger partial charge in [-0.1, -0.05) is 6.08 Å². The molecule has 0 spiro atoms. The van der Waals surface area contributed by atoms with Crippen molar-refractivity contribution in [3.05, 3.63) is 42.0 Å². The van der Waals surface area contributed by atoms with Gasteiger partial charge in [-0.25, -0.2) is 8.78 Å². The van der Waals surface area contributed by atoms with Crippen molar-refractivity contribution in [2.45, 2.75) is 18.9 Å². The largest absolute Gasteiger partial charge is 0.377 e. The Kier molecular flexibility index (Phi) is 4.70. The van der Waals surface area contributed by atoms with Crippen molar-refractivity contribution in [2.75, 3.05) is 25.0 Å². The minimum atomic E-state index is -0.713. The van der Waals surface area contributed by atoms with Crippen molar-refractivity contribution in [1.29, 1.82) is 5.26 Å². The van der Waals surface area contributed by atoms with Crippen LogP contribution in [0.3, 0.4) is 0 Å². The number of likely N-dealkylation sites (tertiary alicyclic amines) is 1. The molecule has 0 aliphatic carbocycles. The van der Waals surface area contributed by atoms with Crippen molar-refractivity contribution in [3.8, 4) is 6.07 Å². The highest BCUT2D eigenvalue weighted by atomic mass is 19.1. The molecule has 1 aliphatic heterocycles. The molecular formula is C15H17F2N3. The van der Waals surface area contributed by atoms with Crippen LogP contribution in [0.5, 0.6) is 0 Å². The lowest BCUT2D eigenvalue weighted by Gasteiger charge is -2.32. The molecule has 0 bridgehead atoms. The van der Waals surface area contributed by atoms with Gasteiger partial charge >= 0.3 is 0 Å². The van der Waals surface area contributed by atoms with Crippen LogP contribution in [0.25, 0.3) is 0 Å². The third kappa shape index (κ3) is 3.34. The summed E-state index contributed by atoms with van der Waals surface area (Å²) in [7, 11) is 0. The first-order chi connectivity index (χ1) is 9.63. The number of rotatable bonds is 4. The lowest BCUT2D eigenvalue weighted by molar-refractivity contribution is 0.240. The first-order valence-corrected chi connectivity index (χ1v) is 6.63. The molecule has 5 heteroatoms. The van der Waals surface area contributed by atoms with Crippen LogP contribution in [0.4, 0.5) is 14.5 Å². The van der Waals surface area contributed by atoms with Crippen LogP contribution in [-0.4, -0.2) is 30.6 Å². The van der Waals surface area contributed by atoms with E-state index in [1.54, 1.807) is 6.07 Å². The lowest BCUT2D eigenvalue weighted by atomic mass is 10.0. The van der Waals surface area contributed by atoms with Gasteiger partial charge in [-0.15, -0.1) is 6.58 Å². The highest BCUT2D eigenvalue weighted by Crippen LogP contribution is 2.24. The number of nitrogens with zero attached hydrogens (tertiary/aromatic N) is 2. The highest BCUT2D eigenvalue weighted by Gasteiger charge is 2.21. The third-order valence-corrected chi connectivity index (χ3v) is 3.49. The molecule has 1 fully saturated rings. The summed E-state index contributed by atoms with van der Waals surface area (Å²) in [4.78, 5) is 2.25. The molecule has 1 N–H and O–H groups in total. The predicted molar refractivity (Wildman–Crippen MR) is 74.4 cm³/mol. The van der Waals surface area contributed by atoms with Crippen molar-refractivity contribution < 1.29 is 8.78 Å². The fourth-order valence-corrected chi connectivity index (χ4v) is 2.42. The Hall–Kier alpha value is -1.93. The van der Waals surface area contributed by atoms with E-state index in [-0.39, 0.29) is 17.3 Å². The Morgan fingerprint density at radius 2 is 1.95 bits per heavy atom. The second-order valence-electron chi connectivity index (χ2n) is 4.93. The first kappa shape index (κ1) is 14.5. The number of nitriles is 1. The molecule has 0 amide bonds. The van der Waals surface area contributed by atoms with Gasteiger partial charge < -0.3 is 5.32 Å². The second-order valence-corrected chi connectivity index (χ2v) is 4.93. The number of benzene rings is 1. The van der Waals surface area contributed by atoms with Crippen LogP contribution in [-0.2, 0) is 0 Å². The lowest BCUT2D eigenvalue weighted by Crippen LogP contribution is -2.39. The van der Waals surface area contributed by atoms with Gasteiger partial charge in [0, 0.05) is 25.7 Å². The van der Waals surface area contributed by atoms with E-state index in [2.05, 4.69) is 16.8 Å². The molecule has 1 aromatic rings. The standard InChI is InChI=1S/C15H17F2N3/c1-2-5-20-6-3-12(4-7-20)19-15-13(16)8-11(10-18)9-14(15)17/h2,8-9,12,19H,1,3-7H2. The van der Waals surface area contributed by atoms with Gasteiger partial charge in [0.2, 0.25) is 0 Å². The first-order valence-electron chi connectivity index (χ1n) is 6.63. The molecule has 3 nitrogen and oxygen atoms in total. The summed E-state index contributed by atoms with van der Waals surface area (Å²) in [6.07, 6.45) is 3.51. The molecular weight excluding hydrogens is 260 g/mol. The smallest absolute Gasteiger partial charge is 0.150 e. The van der Waals surface area contributed by atoms with Gasteiger partial charge in [-0.05, 0) is 25.0 Å². The van der Waals surface area contributed by atoms with Gasteiger partial charge in [-0.3, -0.25) is 4.90 Å². The molecule has 106 valence electrons. The Bertz CT molecular complexity index is 505. The van der Waals surface area contributed by atoms with Gasteiger partial charge in [-0.2, -0.15) is 5.26 Å². The van der Waals surface area contributed by atoms with E-state index in [4.69, 9.17) is 5.26 Å². The van der Waals surface area contributed by atoms with E-state index in [1.807, 2.05) is 6.08 Å². The molecule has 0 aromatic heterocycles. The monoisotopic (exact) mass is 277 g/mol. The van der Waals surface area contributed by atoms with Crippen molar-refractivity contribution in [3.63, 3.8) is 0 Å². The van der Waals surface area contributed by atoms with Crippen LogP contribution < -0.4 is 5.32 Å². The summed E-state index contributed by atoms with van der Waals surface area (Å²) < 4.78 is 27.5. The molecule has 0 radical (unpaired) electrons. The maximum Gasteiger partial charge on any atom is 0.150 e. The Morgan fingerprint density at radius 1 is 1.35 bits per heavy atom. The maximum absolute atomic E-state index is 13.8. The van der Waals surface area contributed by atoms with Crippen LogP contribution in [0.15, 0.2) is 24.8 Å². The van der Waals surface area contributed by atoms with E-state index in [0.29, 0.717) is 0 Å². The minimum absolute atomic E-state index is 0.00801. The average molecular weight is 277 g/mol. The molecule has 0 atom stereocenters. The fourth-order valence-electron chi connectivity index (χ4n) is 2.42. The van der Waals surface area contributed by atoms with E-state index in [0.717, 1.165) is 44.6 Å². The third-order valence-electron chi connectivity index (χ3n) is 3.49. The molecule has 0 unspecified atom stereocenters. The topological polar surface area (TPSA) is 39.1 Å². The summed E-state index contributed by atoms with van der Waals surface area (Å²) >= 11 is 0. The van der Waals surface area contributed by atoms with Gasteiger partial charge in [0.05, 0.1) is 11.6 Å². The van der Waals surface area contributed by atoms with Crippen LogP contribution in [0, 0.1) is 23.0 Å². The summed E-state index contributed by atoms with van der Waals surface area (Å²) in [5.41, 5.74) is -0.141. The second kappa shape index (κ2) is 6.49. The summed E-state index contributed by atoms with van der Waals surface area (Å²) in [6, 6.07) is 3.89. The average Bonchev–Trinajstić information content (AvgIpc) is 2.44. The Balaban J connectivity index is 2.01. The molecule has 1 aromatic carbocycles. The summed E-state index contributed by atoms with van der Waals surface area (Å²) in [5.74, 6) is -1.43. The number of nitrogens with one attached hydrogen (secondary N) is 1. The van der Waals surface area contributed by atoms with E-state index in [9.17, 15) is 8.78 Å². The Labute approximate surface area is 117 Å². The zero-order valence-electron chi connectivity index (χ0n) is 11.2. The minimum Gasteiger partial charge on any atom is -0.377 e. The number of hydrogen-bond acceptors (Lipinski definition) is 3. The predicted octanol–water partition coefficient (Wildman–Crippen LogP) is 2.90. The zero-order valence-corrected chi connectivity index (χ0v) is 11.2. The summed E-state index contributed by atoms with van der Waals surface area (Å²) in [6.45, 7) is 6.29. The van der Waals surface area contributed by atoms with Gasteiger partial charge in [0.1, 0.15) is 5.69 Å². The van der Waals surface area contributed by atoms with Crippen LogP contribution in [0.1, 0.15) is 18.4 Å². The van der Waals surface area contributed by atoms with Crippen LogP contribution >= 0.6 is 0 Å². The van der Waals surface area contributed by atoms with E-state index in [1.165, 1.54) is 0 Å². The number of piperidine rings is 1. The number of hydrogen-bond donors (Lipinski definition) is 1. The normalized spacial score (nSPS) is 16.6. The van der Waals surface area contributed by atoms with Crippen LogP contribution in [0.2, 0.25) is 0 Å². The van der Waals surface area contributed by atoms with Gasteiger partial charge in [0.25, 0.3) is 0 Å². The fraction of sp³-hybridized carbons (Fsp3) is 0.400. The van der Waals surface area contributed by atoms with Gasteiger partial charge in [0.15, 0.2) is 11.6 Å². The van der Waals surface area contributed by atoms with Crippen molar-refractivity contribution in [2.24, 2.45) is 0 Å². The number of anilines is 1. The molecule has 1 aliphatic rings. The molecule has 1 saturated heterocycles. The molecule has 2 rings (SSSR count). The molecule has 1 heterocycles.